The Morgan fingerprint density at radius 1 is 1.24 bits per heavy atom. The molecule has 3 nitrogen and oxygen atoms in total. The van der Waals surface area contributed by atoms with Crippen molar-refractivity contribution >= 4 is 12.0 Å². The van der Waals surface area contributed by atoms with Crippen LogP contribution < -0.4 is 0 Å². The van der Waals surface area contributed by atoms with E-state index in [0.29, 0.717) is 5.57 Å². The number of hydrogen-bond donors (Lipinski definition) is 2. The van der Waals surface area contributed by atoms with E-state index in [1.165, 1.54) is 6.08 Å². The lowest BCUT2D eigenvalue weighted by atomic mass is 9.95. The van der Waals surface area contributed by atoms with Crippen LogP contribution in [0.15, 0.2) is 59.7 Å². The summed E-state index contributed by atoms with van der Waals surface area (Å²) in [4.78, 5) is 10.9. The summed E-state index contributed by atoms with van der Waals surface area (Å²) in [6.45, 7) is 0. The Hall–Kier alpha value is -2.13. The fraction of sp³-hybridized carbons (Fsp3) is 0.0714. The highest BCUT2D eigenvalue weighted by atomic mass is 16.4. The quantitative estimate of drug-likeness (QED) is 0.814. The number of aliphatic hydroxyl groups excluding tert-OH is 1. The van der Waals surface area contributed by atoms with Crippen LogP contribution in [0.3, 0.4) is 0 Å². The van der Waals surface area contributed by atoms with Crippen LogP contribution in [-0.2, 0) is 4.79 Å². The second-order valence-electron chi connectivity index (χ2n) is 3.74. The first-order chi connectivity index (χ1) is 8.18. The van der Waals surface area contributed by atoms with Crippen LogP contribution in [0.25, 0.3) is 6.08 Å². The number of aliphatic carboxylic acids is 1. The number of rotatable bonds is 2. The van der Waals surface area contributed by atoms with Crippen LogP contribution in [0, 0.1) is 0 Å². The molecule has 0 saturated carbocycles. The second kappa shape index (κ2) is 4.80. The first kappa shape index (κ1) is 11.4. The summed E-state index contributed by atoms with van der Waals surface area (Å²) in [5, 5.41) is 18.8. The van der Waals surface area contributed by atoms with E-state index in [1.54, 1.807) is 18.2 Å². The van der Waals surface area contributed by atoms with Crippen LogP contribution >= 0.6 is 0 Å². The molecule has 0 radical (unpaired) electrons. The van der Waals surface area contributed by atoms with Gasteiger partial charge in [0.2, 0.25) is 0 Å². The van der Waals surface area contributed by atoms with Crippen molar-refractivity contribution in [3.05, 3.63) is 65.3 Å². The van der Waals surface area contributed by atoms with Gasteiger partial charge in [-0.15, -0.1) is 0 Å². The van der Waals surface area contributed by atoms with Gasteiger partial charge in [-0.25, -0.2) is 4.79 Å². The van der Waals surface area contributed by atoms with Gasteiger partial charge in [-0.1, -0.05) is 42.5 Å². The number of allylic oxidation sites excluding steroid dienone is 2. The molecule has 2 N–H and O–H groups in total. The molecular weight excluding hydrogens is 216 g/mol. The van der Waals surface area contributed by atoms with E-state index < -0.39 is 12.1 Å². The third kappa shape index (κ3) is 2.52. The van der Waals surface area contributed by atoms with Gasteiger partial charge < -0.3 is 10.2 Å². The molecule has 1 aromatic carbocycles. The van der Waals surface area contributed by atoms with E-state index in [-0.39, 0.29) is 5.57 Å². The highest BCUT2D eigenvalue weighted by molar-refractivity contribution is 5.90. The summed E-state index contributed by atoms with van der Waals surface area (Å²) in [5.41, 5.74) is 1.50. The molecule has 1 unspecified atom stereocenters. The van der Waals surface area contributed by atoms with Gasteiger partial charge in [0.05, 0.1) is 5.57 Å². The maximum absolute atomic E-state index is 10.9. The monoisotopic (exact) mass is 228 g/mol. The second-order valence-corrected chi connectivity index (χ2v) is 3.74. The number of aliphatic hydroxyl groups is 1. The normalized spacial score (nSPS) is 21.4. The van der Waals surface area contributed by atoms with E-state index in [4.69, 9.17) is 5.11 Å². The average Bonchev–Trinajstić information content (AvgIpc) is 2.33. The molecule has 0 heterocycles. The largest absolute Gasteiger partial charge is 0.478 e. The lowest BCUT2D eigenvalue weighted by molar-refractivity contribution is -0.133. The minimum atomic E-state index is -1.10. The standard InChI is InChI=1S/C14H12O3/c15-13-11(7-4-8-12(13)14(16)17)9-10-5-2-1-3-6-10/h1-9,13,15H,(H,16,17). The maximum atomic E-state index is 10.9. The molecule has 0 aliphatic heterocycles. The Morgan fingerprint density at radius 3 is 2.59 bits per heavy atom. The fourth-order valence-electron chi connectivity index (χ4n) is 1.68. The summed E-state index contributed by atoms with van der Waals surface area (Å²) in [6.07, 6.45) is 5.46. The molecule has 86 valence electrons. The van der Waals surface area contributed by atoms with Crippen molar-refractivity contribution < 1.29 is 15.0 Å². The smallest absolute Gasteiger partial charge is 0.334 e. The van der Waals surface area contributed by atoms with Crippen LogP contribution in [0.4, 0.5) is 0 Å². The summed E-state index contributed by atoms with van der Waals surface area (Å²) >= 11 is 0. The topological polar surface area (TPSA) is 57.5 Å². The molecule has 0 spiro atoms. The molecule has 1 aromatic rings. The number of benzene rings is 1. The van der Waals surface area contributed by atoms with Gasteiger partial charge in [0.25, 0.3) is 0 Å². The minimum absolute atomic E-state index is 0.00492. The van der Waals surface area contributed by atoms with Gasteiger partial charge >= 0.3 is 5.97 Å². The fourth-order valence-corrected chi connectivity index (χ4v) is 1.68. The SMILES string of the molecule is O=C(O)C1=CC=CC(=Cc2ccccc2)C1O. The zero-order valence-corrected chi connectivity index (χ0v) is 9.08. The van der Waals surface area contributed by atoms with Crippen LogP contribution in [0.1, 0.15) is 5.56 Å². The third-order valence-corrected chi connectivity index (χ3v) is 2.55. The third-order valence-electron chi connectivity index (χ3n) is 2.55. The van der Waals surface area contributed by atoms with Crippen molar-refractivity contribution in [2.75, 3.05) is 0 Å². The molecular formula is C14H12O3. The Morgan fingerprint density at radius 2 is 1.94 bits per heavy atom. The molecule has 1 aliphatic carbocycles. The summed E-state index contributed by atoms with van der Waals surface area (Å²) in [5.74, 6) is -1.10. The predicted octanol–water partition coefficient (Wildman–Crippen LogP) is 2.01. The van der Waals surface area contributed by atoms with E-state index in [0.717, 1.165) is 5.56 Å². The van der Waals surface area contributed by atoms with Crippen molar-refractivity contribution in [1.29, 1.82) is 0 Å². The van der Waals surface area contributed by atoms with Gasteiger partial charge in [-0.05, 0) is 23.3 Å². The molecule has 3 heteroatoms. The zero-order chi connectivity index (χ0) is 12.3. The van der Waals surface area contributed by atoms with Crippen molar-refractivity contribution in [3.8, 4) is 0 Å². The Labute approximate surface area is 99.0 Å². The average molecular weight is 228 g/mol. The van der Waals surface area contributed by atoms with Gasteiger partial charge in [0, 0.05) is 0 Å². The summed E-state index contributed by atoms with van der Waals surface area (Å²) < 4.78 is 0. The van der Waals surface area contributed by atoms with E-state index in [2.05, 4.69) is 0 Å². The molecule has 0 bridgehead atoms. The van der Waals surface area contributed by atoms with Crippen molar-refractivity contribution in [2.45, 2.75) is 6.10 Å². The van der Waals surface area contributed by atoms with Gasteiger partial charge in [-0.2, -0.15) is 0 Å². The van der Waals surface area contributed by atoms with Gasteiger partial charge in [-0.3, -0.25) is 0 Å². The Bertz CT molecular complexity index is 510. The lowest BCUT2D eigenvalue weighted by Gasteiger charge is -2.16. The molecule has 0 amide bonds. The molecule has 1 atom stereocenters. The highest BCUT2D eigenvalue weighted by Crippen LogP contribution is 2.21. The van der Waals surface area contributed by atoms with Crippen molar-refractivity contribution in [1.82, 2.24) is 0 Å². The van der Waals surface area contributed by atoms with E-state index >= 15 is 0 Å². The van der Waals surface area contributed by atoms with Gasteiger partial charge in [0.1, 0.15) is 6.10 Å². The number of carboxylic acids is 1. The van der Waals surface area contributed by atoms with Crippen LogP contribution in [-0.4, -0.2) is 22.3 Å². The molecule has 0 saturated heterocycles. The highest BCUT2D eigenvalue weighted by Gasteiger charge is 2.22. The first-order valence-electron chi connectivity index (χ1n) is 5.25. The molecule has 0 fully saturated rings. The molecule has 1 aliphatic rings. The van der Waals surface area contributed by atoms with Gasteiger partial charge in [0.15, 0.2) is 0 Å². The number of carboxylic acid groups (broad SMARTS) is 1. The lowest BCUT2D eigenvalue weighted by Crippen LogP contribution is -2.20. The molecule has 0 aromatic heterocycles. The van der Waals surface area contributed by atoms with Crippen molar-refractivity contribution in [2.24, 2.45) is 0 Å². The maximum Gasteiger partial charge on any atom is 0.334 e. The summed E-state index contributed by atoms with van der Waals surface area (Å²) in [6, 6.07) is 9.47. The number of hydrogen-bond acceptors (Lipinski definition) is 2. The number of carbonyl (C=O) groups is 1. The molecule has 2 rings (SSSR count). The molecule has 17 heavy (non-hydrogen) atoms. The Kier molecular flexibility index (Phi) is 3.21. The van der Waals surface area contributed by atoms with Crippen LogP contribution in [0.5, 0.6) is 0 Å². The zero-order valence-electron chi connectivity index (χ0n) is 9.08. The first-order valence-corrected chi connectivity index (χ1v) is 5.25. The predicted molar refractivity (Wildman–Crippen MR) is 65.3 cm³/mol. The van der Waals surface area contributed by atoms with Crippen LogP contribution in [0.2, 0.25) is 0 Å². The van der Waals surface area contributed by atoms with E-state index in [9.17, 15) is 9.90 Å². The Balaban J connectivity index is 2.31. The summed E-state index contributed by atoms with van der Waals surface area (Å²) in [7, 11) is 0. The van der Waals surface area contributed by atoms with Crippen molar-refractivity contribution in [3.63, 3.8) is 0 Å². The van der Waals surface area contributed by atoms with E-state index in [1.807, 2.05) is 30.3 Å². The minimum Gasteiger partial charge on any atom is -0.478 e.